The van der Waals surface area contributed by atoms with Gasteiger partial charge in [0.1, 0.15) is 6.61 Å². The first-order valence-electron chi connectivity index (χ1n) is 6.23. The Labute approximate surface area is 112 Å². The third-order valence-electron chi connectivity index (χ3n) is 3.51. The Balaban J connectivity index is 2.15. The molecule has 2 unspecified atom stereocenters. The van der Waals surface area contributed by atoms with Gasteiger partial charge in [0.25, 0.3) is 0 Å². The second kappa shape index (κ2) is 5.45. The maximum Gasteiger partial charge on any atom is 0.163 e. The number of allylic oxidation sites excluding steroid dienone is 1. The number of hydrogen-bond donors (Lipinski definition) is 2. The summed E-state index contributed by atoms with van der Waals surface area (Å²) in [6.45, 7) is 3.82. The first-order valence-corrected chi connectivity index (χ1v) is 6.23. The molecule has 3 nitrogen and oxygen atoms in total. The average molecular weight is 263 g/mol. The number of hydrogen-bond acceptors (Lipinski definition) is 3. The van der Waals surface area contributed by atoms with Crippen molar-refractivity contribution >= 4 is 5.69 Å². The molecule has 1 aliphatic carbocycles. The van der Waals surface area contributed by atoms with Crippen LogP contribution in [0.2, 0.25) is 0 Å². The van der Waals surface area contributed by atoms with Gasteiger partial charge in [0, 0.05) is 17.2 Å². The van der Waals surface area contributed by atoms with Crippen LogP contribution in [0.25, 0.3) is 0 Å². The first-order chi connectivity index (χ1) is 9.00. The molecule has 1 aromatic rings. The second-order valence-corrected chi connectivity index (χ2v) is 4.79. The van der Waals surface area contributed by atoms with Gasteiger partial charge in [0.05, 0.1) is 6.10 Å². The summed E-state index contributed by atoms with van der Waals surface area (Å²) in [7, 11) is 0. The molecule has 2 atom stereocenters. The van der Waals surface area contributed by atoms with Gasteiger partial charge >= 0.3 is 0 Å². The van der Waals surface area contributed by atoms with Crippen molar-refractivity contribution in [2.45, 2.75) is 26.6 Å². The standard InChI is InChI=1S/C15H18FNO2/c1-9-10(2)15(12(16)7-14(9)18)19-8-11-5-3-4-6-13(11)17/h3-7,9,14,18H,8,17H2,1-2H3. The van der Waals surface area contributed by atoms with Crippen molar-refractivity contribution in [1.82, 2.24) is 0 Å². The highest BCUT2D eigenvalue weighted by molar-refractivity contribution is 5.46. The molecule has 0 amide bonds. The lowest BCUT2D eigenvalue weighted by atomic mass is 9.90. The third kappa shape index (κ3) is 2.79. The number of anilines is 1. The summed E-state index contributed by atoms with van der Waals surface area (Å²) in [4.78, 5) is 0. The molecule has 2 rings (SSSR count). The molecule has 0 heterocycles. The maximum atomic E-state index is 13.8. The fraction of sp³-hybridized carbons (Fsp3) is 0.333. The lowest BCUT2D eigenvalue weighted by molar-refractivity contribution is 0.144. The van der Waals surface area contributed by atoms with Crippen molar-refractivity contribution in [2.75, 3.05) is 5.73 Å². The van der Waals surface area contributed by atoms with E-state index in [0.717, 1.165) is 5.56 Å². The zero-order valence-corrected chi connectivity index (χ0v) is 11.1. The van der Waals surface area contributed by atoms with E-state index >= 15 is 0 Å². The SMILES string of the molecule is CC1=C(OCc2ccccc2N)C(F)=CC(O)C1C. The van der Waals surface area contributed by atoms with Crippen molar-refractivity contribution in [3.8, 4) is 0 Å². The van der Waals surface area contributed by atoms with E-state index in [4.69, 9.17) is 10.5 Å². The zero-order valence-electron chi connectivity index (χ0n) is 11.1. The van der Waals surface area contributed by atoms with Gasteiger partial charge in [-0.15, -0.1) is 0 Å². The topological polar surface area (TPSA) is 55.5 Å². The van der Waals surface area contributed by atoms with Gasteiger partial charge in [-0.25, -0.2) is 4.39 Å². The zero-order chi connectivity index (χ0) is 14.0. The number of halogens is 1. The molecule has 19 heavy (non-hydrogen) atoms. The molecule has 102 valence electrons. The molecule has 1 aromatic carbocycles. The van der Waals surface area contributed by atoms with Crippen LogP contribution in [0.4, 0.5) is 10.1 Å². The number of ether oxygens (including phenoxy) is 1. The van der Waals surface area contributed by atoms with Crippen LogP contribution in [0.1, 0.15) is 19.4 Å². The fourth-order valence-corrected chi connectivity index (χ4v) is 2.02. The molecule has 3 N–H and O–H groups in total. The summed E-state index contributed by atoms with van der Waals surface area (Å²) in [5.41, 5.74) is 7.95. The van der Waals surface area contributed by atoms with Gasteiger partial charge in [-0.05, 0) is 24.6 Å². The van der Waals surface area contributed by atoms with Gasteiger partial charge in [-0.3, -0.25) is 0 Å². The predicted molar refractivity (Wildman–Crippen MR) is 72.7 cm³/mol. The molecular formula is C15H18FNO2. The van der Waals surface area contributed by atoms with E-state index in [1.807, 2.05) is 25.1 Å². The molecule has 1 aliphatic rings. The van der Waals surface area contributed by atoms with Crippen LogP contribution in [0.15, 0.2) is 47.5 Å². The van der Waals surface area contributed by atoms with Crippen molar-refractivity contribution in [3.05, 3.63) is 53.1 Å². The number of benzene rings is 1. The third-order valence-corrected chi connectivity index (χ3v) is 3.51. The predicted octanol–water partition coefficient (Wildman–Crippen LogP) is 2.92. The number of para-hydroxylation sites is 1. The first kappa shape index (κ1) is 13.6. The summed E-state index contributed by atoms with van der Waals surface area (Å²) < 4.78 is 19.4. The molecule has 0 radical (unpaired) electrons. The molecule has 0 saturated carbocycles. The summed E-state index contributed by atoms with van der Waals surface area (Å²) in [5.74, 6) is -0.457. The lowest BCUT2D eigenvalue weighted by Crippen LogP contribution is -2.22. The Hall–Kier alpha value is -1.81. The van der Waals surface area contributed by atoms with Crippen LogP contribution in [0.5, 0.6) is 0 Å². The van der Waals surface area contributed by atoms with Gasteiger partial charge in [-0.2, -0.15) is 0 Å². The molecule has 0 aliphatic heterocycles. The summed E-state index contributed by atoms with van der Waals surface area (Å²) in [6, 6.07) is 7.31. The van der Waals surface area contributed by atoms with Gasteiger partial charge < -0.3 is 15.6 Å². The van der Waals surface area contributed by atoms with Crippen LogP contribution < -0.4 is 5.73 Å². The van der Waals surface area contributed by atoms with E-state index in [1.165, 1.54) is 6.08 Å². The monoisotopic (exact) mass is 263 g/mol. The van der Waals surface area contributed by atoms with Crippen LogP contribution in [0.3, 0.4) is 0 Å². The van der Waals surface area contributed by atoms with E-state index in [0.29, 0.717) is 11.3 Å². The quantitative estimate of drug-likeness (QED) is 0.824. The number of nitrogens with two attached hydrogens (primary N) is 1. The van der Waals surface area contributed by atoms with Crippen molar-refractivity contribution < 1.29 is 14.2 Å². The Morgan fingerprint density at radius 2 is 2.05 bits per heavy atom. The normalized spacial score (nSPS) is 23.3. The molecular weight excluding hydrogens is 245 g/mol. The Morgan fingerprint density at radius 1 is 1.37 bits per heavy atom. The van der Waals surface area contributed by atoms with Crippen LogP contribution in [0, 0.1) is 5.92 Å². The molecule has 0 bridgehead atoms. The van der Waals surface area contributed by atoms with Crippen molar-refractivity contribution in [2.24, 2.45) is 5.92 Å². The van der Waals surface area contributed by atoms with Crippen molar-refractivity contribution in [1.29, 1.82) is 0 Å². The summed E-state index contributed by atoms with van der Waals surface area (Å²) >= 11 is 0. The second-order valence-electron chi connectivity index (χ2n) is 4.79. The molecule has 0 aromatic heterocycles. The van der Waals surface area contributed by atoms with Crippen LogP contribution >= 0.6 is 0 Å². The van der Waals surface area contributed by atoms with Gasteiger partial charge in [0.2, 0.25) is 0 Å². The smallest absolute Gasteiger partial charge is 0.163 e. The van der Waals surface area contributed by atoms with E-state index in [2.05, 4.69) is 0 Å². The molecule has 0 spiro atoms. The Kier molecular flexibility index (Phi) is 3.90. The largest absolute Gasteiger partial charge is 0.486 e. The highest BCUT2D eigenvalue weighted by Crippen LogP contribution is 2.32. The van der Waals surface area contributed by atoms with E-state index in [9.17, 15) is 9.50 Å². The summed E-state index contributed by atoms with van der Waals surface area (Å²) in [6.07, 6.45) is 0.385. The van der Waals surface area contributed by atoms with E-state index in [1.54, 1.807) is 13.0 Å². The van der Waals surface area contributed by atoms with E-state index < -0.39 is 11.9 Å². The lowest BCUT2D eigenvalue weighted by Gasteiger charge is -2.25. The number of nitrogen functional groups attached to an aromatic ring is 1. The summed E-state index contributed by atoms with van der Waals surface area (Å²) in [5, 5.41) is 9.64. The minimum atomic E-state index is -0.797. The fourth-order valence-electron chi connectivity index (χ4n) is 2.02. The molecule has 0 fully saturated rings. The van der Waals surface area contributed by atoms with Crippen LogP contribution in [-0.2, 0) is 11.3 Å². The van der Waals surface area contributed by atoms with Gasteiger partial charge in [0.15, 0.2) is 11.6 Å². The van der Waals surface area contributed by atoms with Crippen molar-refractivity contribution in [3.63, 3.8) is 0 Å². The average Bonchev–Trinajstić information content (AvgIpc) is 2.38. The molecule has 4 heteroatoms. The maximum absolute atomic E-state index is 13.8. The number of aliphatic hydroxyl groups is 1. The van der Waals surface area contributed by atoms with Gasteiger partial charge in [-0.1, -0.05) is 25.1 Å². The Bertz CT molecular complexity index is 537. The number of aliphatic hydroxyl groups excluding tert-OH is 1. The Morgan fingerprint density at radius 3 is 2.74 bits per heavy atom. The minimum absolute atomic E-state index is 0.150. The highest BCUT2D eigenvalue weighted by Gasteiger charge is 2.26. The minimum Gasteiger partial charge on any atom is -0.486 e. The molecule has 0 saturated heterocycles. The van der Waals surface area contributed by atoms with Crippen LogP contribution in [-0.4, -0.2) is 11.2 Å². The number of rotatable bonds is 3. The highest BCUT2D eigenvalue weighted by atomic mass is 19.1. The van der Waals surface area contributed by atoms with E-state index in [-0.39, 0.29) is 18.3 Å².